The molecule has 2 heterocycles. The minimum atomic E-state index is -3.48. The Bertz CT molecular complexity index is 1280. The van der Waals surface area contributed by atoms with Crippen LogP contribution >= 0.6 is 0 Å². The molecule has 2 aromatic carbocycles. The summed E-state index contributed by atoms with van der Waals surface area (Å²) in [6.45, 7) is 6.31. The van der Waals surface area contributed by atoms with Gasteiger partial charge in [-0.05, 0) is 61.1 Å². The zero-order valence-corrected chi connectivity index (χ0v) is 21.0. The smallest absolute Gasteiger partial charge is 0.323 e. The number of para-hydroxylation sites is 1. The number of aromatic amines is 2. The number of nitrogens with one attached hydrogen (secondary N) is 3. The Labute approximate surface area is 205 Å². The molecule has 190 valence electrons. The average molecular weight is 503 g/mol. The highest BCUT2D eigenvalue weighted by Gasteiger charge is 2.29. The first-order valence-electron chi connectivity index (χ1n) is 12.1. The first-order valence-corrected chi connectivity index (χ1v) is 13.5. The summed E-state index contributed by atoms with van der Waals surface area (Å²) in [5, 5.41) is 13.6. The molecule has 0 radical (unpaired) electrons. The van der Waals surface area contributed by atoms with E-state index in [1.165, 1.54) is 0 Å². The lowest BCUT2D eigenvalue weighted by Crippen LogP contribution is -2.42. The monoisotopic (exact) mass is 502 g/mol. The Morgan fingerprint density at radius 3 is 2.51 bits per heavy atom. The number of aliphatic hydroxyl groups is 1. The van der Waals surface area contributed by atoms with E-state index in [-0.39, 0.29) is 12.3 Å². The van der Waals surface area contributed by atoms with Crippen molar-refractivity contribution in [3.63, 3.8) is 0 Å². The van der Waals surface area contributed by atoms with Crippen molar-refractivity contribution in [1.29, 1.82) is 0 Å². The summed E-state index contributed by atoms with van der Waals surface area (Å²) in [5.74, 6) is 1.21. The number of fused-ring (bicyclic) bond motifs is 1. The van der Waals surface area contributed by atoms with Crippen molar-refractivity contribution in [3.05, 3.63) is 58.5 Å². The largest absolute Gasteiger partial charge is 0.489 e. The summed E-state index contributed by atoms with van der Waals surface area (Å²) < 4.78 is 33.3. The molecule has 4 rings (SSSR count). The Morgan fingerprint density at radius 2 is 1.83 bits per heavy atom. The van der Waals surface area contributed by atoms with Crippen LogP contribution in [0.1, 0.15) is 38.2 Å². The topological polar surface area (TPSA) is 128 Å². The van der Waals surface area contributed by atoms with E-state index < -0.39 is 16.1 Å². The van der Waals surface area contributed by atoms with Gasteiger partial charge in [0, 0.05) is 19.6 Å². The first kappa shape index (κ1) is 25.4. The zero-order valence-electron chi connectivity index (χ0n) is 20.2. The van der Waals surface area contributed by atoms with Crippen LogP contribution in [0.4, 0.5) is 0 Å². The van der Waals surface area contributed by atoms with Gasteiger partial charge >= 0.3 is 5.69 Å². The quantitative estimate of drug-likeness (QED) is 0.337. The maximum atomic E-state index is 13.0. The van der Waals surface area contributed by atoms with Crippen molar-refractivity contribution in [2.75, 3.05) is 32.8 Å². The number of H-pyrrole nitrogens is 2. The van der Waals surface area contributed by atoms with Crippen LogP contribution in [0.5, 0.6) is 5.75 Å². The molecule has 1 aliphatic heterocycles. The van der Waals surface area contributed by atoms with Gasteiger partial charge in [-0.25, -0.2) is 13.2 Å². The van der Waals surface area contributed by atoms with Gasteiger partial charge in [-0.1, -0.05) is 32.0 Å². The predicted octanol–water partition coefficient (Wildman–Crippen LogP) is 2.41. The van der Waals surface area contributed by atoms with E-state index in [4.69, 9.17) is 4.74 Å². The van der Waals surface area contributed by atoms with Gasteiger partial charge in [0.1, 0.15) is 24.0 Å². The maximum absolute atomic E-state index is 13.0. The van der Waals surface area contributed by atoms with Gasteiger partial charge in [0.25, 0.3) is 0 Å². The molecule has 0 unspecified atom stereocenters. The number of ether oxygens (including phenoxy) is 1. The highest BCUT2D eigenvalue weighted by molar-refractivity contribution is 7.89. The lowest BCUT2D eigenvalue weighted by Gasteiger charge is -2.31. The van der Waals surface area contributed by atoms with Crippen LogP contribution in [-0.2, 0) is 10.0 Å². The molecule has 1 atom stereocenters. The zero-order chi connectivity index (χ0) is 25.0. The lowest BCUT2D eigenvalue weighted by molar-refractivity contribution is 0.105. The van der Waals surface area contributed by atoms with Gasteiger partial charge in [0.05, 0.1) is 10.4 Å². The van der Waals surface area contributed by atoms with Crippen molar-refractivity contribution in [2.24, 2.45) is 5.92 Å². The van der Waals surface area contributed by atoms with Gasteiger partial charge in [0.2, 0.25) is 10.0 Å². The van der Waals surface area contributed by atoms with E-state index in [1.807, 2.05) is 12.1 Å². The molecule has 0 bridgehead atoms. The average Bonchev–Trinajstić information content (AvgIpc) is 3.24. The molecule has 0 amide bonds. The SMILES string of the molecule is CC(C)c1ccc(S(=O)(=O)N2CCC(CNC[C@@H](O)COc3cccc4[nH]c(=O)[nH]c34)CC2)cc1. The second kappa shape index (κ2) is 10.9. The Hall–Kier alpha value is -2.66. The maximum Gasteiger partial charge on any atom is 0.323 e. The van der Waals surface area contributed by atoms with Gasteiger partial charge < -0.3 is 25.1 Å². The summed E-state index contributed by atoms with van der Waals surface area (Å²) in [7, 11) is -3.48. The molecule has 10 heteroatoms. The molecule has 0 saturated carbocycles. The molecular weight excluding hydrogens is 468 g/mol. The molecular formula is C25H34N4O5S. The number of rotatable bonds is 10. The predicted molar refractivity (Wildman–Crippen MR) is 135 cm³/mol. The van der Waals surface area contributed by atoms with E-state index in [0.717, 1.165) is 18.4 Å². The van der Waals surface area contributed by atoms with Gasteiger partial charge in [-0.15, -0.1) is 0 Å². The standard InChI is InChI=1S/C25H34N4O5S/c1-17(2)19-6-8-21(9-7-19)35(32,33)29-12-10-18(11-13-29)14-26-15-20(30)16-34-23-5-3-4-22-24(23)28-25(31)27-22/h3-9,17-18,20,26,30H,10-16H2,1-2H3,(H2,27,28,31)/t20-/m1/s1. The minimum absolute atomic E-state index is 0.0889. The summed E-state index contributed by atoms with van der Waals surface area (Å²) in [5.41, 5.74) is 2.05. The van der Waals surface area contributed by atoms with E-state index in [9.17, 15) is 18.3 Å². The number of sulfonamides is 1. The Kier molecular flexibility index (Phi) is 7.95. The lowest BCUT2D eigenvalue weighted by atomic mass is 9.98. The van der Waals surface area contributed by atoms with Gasteiger partial charge in [-0.2, -0.15) is 4.31 Å². The fourth-order valence-corrected chi connectivity index (χ4v) is 5.85. The number of nitrogens with zero attached hydrogens (tertiary/aromatic N) is 1. The molecule has 0 spiro atoms. The Morgan fingerprint density at radius 1 is 1.11 bits per heavy atom. The van der Waals surface area contributed by atoms with Gasteiger partial charge in [0.15, 0.2) is 0 Å². The molecule has 3 aromatic rings. The van der Waals surface area contributed by atoms with Gasteiger partial charge in [-0.3, -0.25) is 0 Å². The fourth-order valence-electron chi connectivity index (χ4n) is 4.38. The summed E-state index contributed by atoms with van der Waals surface area (Å²) in [6, 6.07) is 12.5. The molecule has 1 fully saturated rings. The Balaban J connectivity index is 1.19. The van der Waals surface area contributed by atoms with Crippen LogP contribution in [0.3, 0.4) is 0 Å². The highest BCUT2D eigenvalue weighted by atomic mass is 32.2. The van der Waals surface area contributed by atoms with Crippen molar-refractivity contribution in [1.82, 2.24) is 19.6 Å². The van der Waals surface area contributed by atoms with Crippen LogP contribution in [0, 0.1) is 5.92 Å². The van der Waals surface area contributed by atoms with Crippen LogP contribution < -0.4 is 15.7 Å². The van der Waals surface area contributed by atoms with Crippen molar-refractivity contribution < 1.29 is 18.3 Å². The summed E-state index contributed by atoms with van der Waals surface area (Å²) in [6.07, 6.45) is 0.822. The fraction of sp³-hybridized carbons (Fsp3) is 0.480. The molecule has 0 aliphatic carbocycles. The van der Waals surface area contributed by atoms with Crippen LogP contribution in [-0.4, -0.2) is 66.7 Å². The number of piperidine rings is 1. The third-order valence-corrected chi connectivity index (χ3v) is 8.43. The van der Waals surface area contributed by atoms with Crippen LogP contribution in [0.15, 0.2) is 52.2 Å². The number of hydrogen-bond acceptors (Lipinski definition) is 6. The number of hydrogen-bond donors (Lipinski definition) is 4. The number of imidazole rings is 1. The molecule has 1 saturated heterocycles. The van der Waals surface area contributed by atoms with Crippen LogP contribution in [0.25, 0.3) is 11.0 Å². The number of aromatic nitrogens is 2. The molecule has 1 aromatic heterocycles. The molecule has 35 heavy (non-hydrogen) atoms. The summed E-state index contributed by atoms with van der Waals surface area (Å²) in [4.78, 5) is 17.2. The van der Waals surface area contributed by atoms with Crippen LogP contribution in [0.2, 0.25) is 0 Å². The van der Waals surface area contributed by atoms with E-state index in [1.54, 1.807) is 34.6 Å². The van der Waals surface area contributed by atoms with E-state index in [0.29, 0.717) is 59.7 Å². The van der Waals surface area contributed by atoms with Crippen molar-refractivity contribution >= 4 is 21.1 Å². The van der Waals surface area contributed by atoms with Crippen molar-refractivity contribution in [2.45, 2.75) is 43.6 Å². The van der Waals surface area contributed by atoms with E-state index >= 15 is 0 Å². The highest BCUT2D eigenvalue weighted by Crippen LogP contribution is 2.25. The first-order chi connectivity index (χ1) is 16.7. The number of benzene rings is 2. The van der Waals surface area contributed by atoms with Crippen molar-refractivity contribution in [3.8, 4) is 5.75 Å². The normalized spacial score (nSPS) is 16.7. The van der Waals surface area contributed by atoms with E-state index in [2.05, 4.69) is 29.1 Å². The summed E-state index contributed by atoms with van der Waals surface area (Å²) >= 11 is 0. The number of aliphatic hydroxyl groups excluding tert-OH is 1. The molecule has 9 nitrogen and oxygen atoms in total. The molecule has 4 N–H and O–H groups in total. The third-order valence-electron chi connectivity index (χ3n) is 6.52. The minimum Gasteiger partial charge on any atom is -0.489 e. The second-order valence-corrected chi connectivity index (χ2v) is 11.4. The second-order valence-electron chi connectivity index (χ2n) is 9.45. The third kappa shape index (κ3) is 6.13. The molecule has 1 aliphatic rings.